The number of fused-ring (bicyclic) bond motifs is 1. The van der Waals surface area contributed by atoms with Gasteiger partial charge in [0.2, 0.25) is 0 Å². The molecule has 1 atom stereocenters. The van der Waals surface area contributed by atoms with E-state index in [0.717, 1.165) is 38.5 Å². The fourth-order valence-electron chi connectivity index (χ4n) is 4.16. The molecule has 1 fully saturated rings. The van der Waals surface area contributed by atoms with Gasteiger partial charge in [0.05, 0.1) is 12.3 Å². The number of furan rings is 1. The maximum absolute atomic E-state index is 12.4. The minimum atomic E-state index is -0.0832. The van der Waals surface area contributed by atoms with Crippen LogP contribution in [0.3, 0.4) is 0 Å². The fourth-order valence-corrected chi connectivity index (χ4v) is 4.16. The van der Waals surface area contributed by atoms with Crippen LogP contribution in [0.15, 0.2) is 65.3 Å². The predicted molar refractivity (Wildman–Crippen MR) is 109 cm³/mol. The van der Waals surface area contributed by atoms with Crippen LogP contribution in [-0.4, -0.2) is 38.6 Å². The molecule has 3 N–H and O–H groups in total. The van der Waals surface area contributed by atoms with E-state index in [1.54, 1.807) is 11.2 Å². The summed E-state index contributed by atoms with van der Waals surface area (Å²) in [6, 6.07) is 18.9. The van der Waals surface area contributed by atoms with E-state index in [1.807, 2.05) is 19.1 Å². The highest BCUT2D eigenvalue weighted by Gasteiger charge is 2.26. The van der Waals surface area contributed by atoms with Gasteiger partial charge in [-0.15, -0.1) is 0 Å². The first-order chi connectivity index (χ1) is 13.7. The van der Waals surface area contributed by atoms with Crippen molar-refractivity contribution in [2.75, 3.05) is 32.7 Å². The molecule has 1 aromatic heterocycles. The van der Waals surface area contributed by atoms with E-state index in [1.165, 1.54) is 21.2 Å². The molecular weight excluding hydrogens is 350 g/mol. The first-order valence-electron chi connectivity index (χ1n) is 10.2. The summed E-state index contributed by atoms with van der Waals surface area (Å²) in [4.78, 5) is 15.3. The molecule has 3 aromatic rings. The van der Waals surface area contributed by atoms with Crippen LogP contribution in [-0.2, 0) is 11.3 Å². The van der Waals surface area contributed by atoms with E-state index >= 15 is 0 Å². The number of rotatable bonds is 6. The van der Waals surface area contributed by atoms with E-state index in [0.29, 0.717) is 6.54 Å². The number of carbonyl (C=O) groups excluding carboxylic acids is 1. The number of quaternary nitrogens is 2. The van der Waals surface area contributed by atoms with Crippen LogP contribution < -0.4 is 15.1 Å². The second-order valence-electron chi connectivity index (χ2n) is 7.80. The number of hydrogen-bond acceptors (Lipinski definition) is 2. The molecule has 1 aliphatic rings. The number of amides is 1. The summed E-state index contributed by atoms with van der Waals surface area (Å²) in [6.07, 6.45) is 1.64. The molecule has 1 aliphatic heterocycles. The number of carbonyl (C=O) groups is 1. The van der Waals surface area contributed by atoms with Crippen molar-refractivity contribution in [3.05, 3.63) is 72.2 Å². The van der Waals surface area contributed by atoms with Gasteiger partial charge in [0.25, 0.3) is 5.91 Å². The number of nitrogens with one attached hydrogen (secondary N) is 3. The van der Waals surface area contributed by atoms with Gasteiger partial charge in [-0.1, -0.05) is 42.5 Å². The standard InChI is InChI=1S/C23H27N3O2/c1-18(22-10-5-15-28-22)24-23(27)17-26-13-11-25(12-14-26)16-20-8-4-7-19-6-2-3-9-21(19)20/h2-10,15,18H,11-14,16-17H2,1H3,(H,24,27)/p+2/t18-/m0/s1. The first-order valence-corrected chi connectivity index (χ1v) is 10.2. The van der Waals surface area contributed by atoms with Gasteiger partial charge in [-0.2, -0.15) is 0 Å². The van der Waals surface area contributed by atoms with Gasteiger partial charge < -0.3 is 19.5 Å². The third kappa shape index (κ3) is 4.43. The summed E-state index contributed by atoms with van der Waals surface area (Å²) in [5.41, 5.74) is 1.42. The van der Waals surface area contributed by atoms with E-state index in [-0.39, 0.29) is 11.9 Å². The van der Waals surface area contributed by atoms with Gasteiger partial charge in [-0.05, 0) is 29.8 Å². The van der Waals surface area contributed by atoms with Crippen LogP contribution >= 0.6 is 0 Å². The minimum Gasteiger partial charge on any atom is -0.467 e. The summed E-state index contributed by atoms with van der Waals surface area (Å²) in [7, 11) is 0. The zero-order valence-electron chi connectivity index (χ0n) is 16.4. The molecule has 5 heteroatoms. The molecule has 0 unspecified atom stereocenters. The Labute approximate surface area is 165 Å². The molecule has 146 valence electrons. The van der Waals surface area contributed by atoms with E-state index in [2.05, 4.69) is 47.8 Å². The Balaban J connectivity index is 1.27. The van der Waals surface area contributed by atoms with Crippen molar-refractivity contribution in [1.82, 2.24) is 5.32 Å². The van der Waals surface area contributed by atoms with Gasteiger partial charge in [0.1, 0.15) is 38.5 Å². The fraction of sp³-hybridized carbons (Fsp3) is 0.348. The van der Waals surface area contributed by atoms with Crippen LogP contribution in [0.4, 0.5) is 0 Å². The number of benzene rings is 2. The third-order valence-electron chi connectivity index (χ3n) is 5.74. The Kier molecular flexibility index (Phi) is 5.74. The third-order valence-corrected chi connectivity index (χ3v) is 5.74. The van der Waals surface area contributed by atoms with Crippen molar-refractivity contribution in [3.8, 4) is 0 Å². The summed E-state index contributed by atoms with van der Waals surface area (Å²) >= 11 is 0. The summed E-state index contributed by atoms with van der Waals surface area (Å²) < 4.78 is 5.36. The Morgan fingerprint density at radius 3 is 2.54 bits per heavy atom. The van der Waals surface area contributed by atoms with E-state index in [9.17, 15) is 4.79 Å². The van der Waals surface area contributed by atoms with Crippen LogP contribution in [0.5, 0.6) is 0 Å². The number of piperazine rings is 1. The molecule has 5 nitrogen and oxygen atoms in total. The Morgan fingerprint density at radius 2 is 1.75 bits per heavy atom. The van der Waals surface area contributed by atoms with Crippen molar-refractivity contribution in [2.24, 2.45) is 0 Å². The maximum Gasteiger partial charge on any atom is 0.275 e. The van der Waals surface area contributed by atoms with Crippen LogP contribution in [0, 0.1) is 0 Å². The zero-order chi connectivity index (χ0) is 19.3. The Hall–Kier alpha value is -2.63. The lowest BCUT2D eigenvalue weighted by molar-refractivity contribution is -1.02. The van der Waals surface area contributed by atoms with E-state index < -0.39 is 0 Å². The monoisotopic (exact) mass is 379 g/mol. The van der Waals surface area contributed by atoms with E-state index in [4.69, 9.17) is 4.42 Å². The summed E-state index contributed by atoms with van der Waals surface area (Å²) in [5.74, 6) is 0.893. The van der Waals surface area contributed by atoms with Crippen molar-refractivity contribution in [2.45, 2.75) is 19.5 Å². The minimum absolute atomic E-state index is 0.0832. The highest BCUT2D eigenvalue weighted by atomic mass is 16.3. The molecule has 1 saturated heterocycles. The Morgan fingerprint density at radius 1 is 1.00 bits per heavy atom. The lowest BCUT2D eigenvalue weighted by atomic mass is 10.0. The normalized spacial score (nSPS) is 20.8. The average molecular weight is 380 g/mol. The highest BCUT2D eigenvalue weighted by molar-refractivity contribution is 5.85. The lowest BCUT2D eigenvalue weighted by Gasteiger charge is -2.29. The van der Waals surface area contributed by atoms with Crippen molar-refractivity contribution >= 4 is 16.7 Å². The van der Waals surface area contributed by atoms with Gasteiger partial charge >= 0.3 is 0 Å². The van der Waals surface area contributed by atoms with Crippen LogP contribution in [0.2, 0.25) is 0 Å². The van der Waals surface area contributed by atoms with Gasteiger partial charge in [0, 0.05) is 5.56 Å². The molecule has 0 radical (unpaired) electrons. The molecule has 28 heavy (non-hydrogen) atoms. The van der Waals surface area contributed by atoms with Gasteiger partial charge in [-0.25, -0.2) is 0 Å². The second-order valence-corrected chi connectivity index (χ2v) is 7.80. The second kappa shape index (κ2) is 8.59. The molecule has 0 aliphatic carbocycles. The molecule has 4 rings (SSSR count). The maximum atomic E-state index is 12.4. The lowest BCUT2D eigenvalue weighted by Crippen LogP contribution is -3.28. The largest absolute Gasteiger partial charge is 0.467 e. The number of hydrogen-bond donors (Lipinski definition) is 3. The molecule has 2 heterocycles. The Bertz CT molecular complexity index is 909. The molecule has 0 saturated carbocycles. The smallest absolute Gasteiger partial charge is 0.275 e. The first kappa shape index (κ1) is 18.7. The summed E-state index contributed by atoms with van der Waals surface area (Å²) in [5, 5.41) is 5.71. The van der Waals surface area contributed by atoms with Crippen molar-refractivity contribution in [1.29, 1.82) is 0 Å². The molecule has 0 bridgehead atoms. The quantitative estimate of drug-likeness (QED) is 0.587. The SMILES string of the molecule is C[C@H](NC(=O)C[NH+]1CC[NH+](Cc2cccc3ccccc23)CC1)c1ccco1. The molecular formula is C23H29N3O2+2. The zero-order valence-corrected chi connectivity index (χ0v) is 16.4. The molecule has 0 spiro atoms. The summed E-state index contributed by atoms with van der Waals surface area (Å²) in [6.45, 7) is 7.80. The average Bonchev–Trinajstić information content (AvgIpc) is 3.25. The van der Waals surface area contributed by atoms with Crippen LogP contribution in [0.25, 0.3) is 10.8 Å². The molecule has 1 amide bonds. The van der Waals surface area contributed by atoms with Gasteiger partial charge in [-0.3, -0.25) is 4.79 Å². The van der Waals surface area contributed by atoms with Crippen molar-refractivity contribution in [3.63, 3.8) is 0 Å². The van der Waals surface area contributed by atoms with Gasteiger partial charge in [0.15, 0.2) is 6.54 Å². The predicted octanol–water partition coefficient (Wildman–Crippen LogP) is 0.594. The molecule has 2 aromatic carbocycles. The van der Waals surface area contributed by atoms with Crippen molar-refractivity contribution < 1.29 is 19.0 Å². The highest BCUT2D eigenvalue weighted by Crippen LogP contribution is 2.17. The van der Waals surface area contributed by atoms with Crippen LogP contribution in [0.1, 0.15) is 24.3 Å². The topological polar surface area (TPSA) is 51.1 Å².